The third-order valence-electron chi connectivity index (χ3n) is 2.45. The molecule has 0 spiro atoms. The van der Waals surface area contributed by atoms with E-state index in [1.807, 2.05) is 13.0 Å². The molecule has 0 bridgehead atoms. The van der Waals surface area contributed by atoms with Crippen LogP contribution in [0.1, 0.15) is 21.7 Å². The minimum Gasteiger partial charge on any atom is -0.346 e. The first-order valence-corrected chi connectivity index (χ1v) is 7.02. The number of nitrogens with one attached hydrogen (secondary N) is 1. The number of hydrogen-bond acceptors (Lipinski definition) is 3. The largest absolute Gasteiger partial charge is 0.346 e. The van der Waals surface area contributed by atoms with Gasteiger partial charge in [-0.2, -0.15) is 0 Å². The van der Waals surface area contributed by atoms with Crippen LogP contribution in [0.15, 0.2) is 30.6 Å². The third kappa shape index (κ3) is 3.87. The van der Waals surface area contributed by atoms with Crippen molar-refractivity contribution in [3.63, 3.8) is 0 Å². The minimum absolute atomic E-state index is 0.180. The number of carbonyl (C=O) groups is 1. The van der Waals surface area contributed by atoms with Gasteiger partial charge in [-0.25, -0.2) is 0 Å². The molecule has 1 heterocycles. The Bertz CT molecular complexity index is 601. The van der Waals surface area contributed by atoms with Gasteiger partial charge < -0.3 is 5.32 Å². The molecule has 19 heavy (non-hydrogen) atoms. The average molecular weight is 388 g/mol. The van der Waals surface area contributed by atoms with Crippen molar-refractivity contribution in [3.05, 3.63) is 56.1 Å². The number of amides is 1. The normalized spacial score (nSPS) is 10.3. The Labute approximate surface area is 129 Å². The molecule has 1 aromatic heterocycles. The van der Waals surface area contributed by atoms with Gasteiger partial charge in [0.2, 0.25) is 0 Å². The van der Waals surface area contributed by atoms with E-state index in [0.717, 1.165) is 15.0 Å². The zero-order chi connectivity index (χ0) is 13.8. The summed E-state index contributed by atoms with van der Waals surface area (Å²) in [6.07, 6.45) is 3.32. The molecule has 0 saturated heterocycles. The van der Waals surface area contributed by atoms with E-state index in [9.17, 15) is 4.79 Å². The zero-order valence-corrected chi connectivity index (χ0v) is 13.1. The van der Waals surface area contributed by atoms with Gasteiger partial charge in [0.25, 0.3) is 5.91 Å². The first kappa shape index (κ1) is 14.2. The van der Waals surface area contributed by atoms with Crippen LogP contribution in [0.4, 0.5) is 0 Å². The average Bonchev–Trinajstić information content (AvgIpc) is 2.41. The minimum atomic E-state index is -0.180. The Morgan fingerprint density at radius 1 is 1.37 bits per heavy atom. The Morgan fingerprint density at radius 3 is 2.79 bits per heavy atom. The summed E-state index contributed by atoms with van der Waals surface area (Å²) in [5, 5.41) is 3.35. The Kier molecular flexibility index (Phi) is 4.71. The van der Waals surface area contributed by atoms with Crippen molar-refractivity contribution < 1.29 is 4.79 Å². The maximum Gasteiger partial charge on any atom is 0.251 e. The highest BCUT2D eigenvalue weighted by atomic mass is 127. The highest BCUT2D eigenvalue weighted by molar-refractivity contribution is 14.1. The Morgan fingerprint density at radius 2 is 2.16 bits per heavy atom. The van der Waals surface area contributed by atoms with Gasteiger partial charge in [-0.1, -0.05) is 11.6 Å². The molecule has 0 aliphatic heterocycles. The monoisotopic (exact) mass is 387 g/mol. The number of halogens is 2. The van der Waals surface area contributed by atoms with Crippen molar-refractivity contribution in [2.75, 3.05) is 0 Å². The number of aromatic nitrogens is 2. The highest BCUT2D eigenvalue weighted by Crippen LogP contribution is 2.19. The summed E-state index contributed by atoms with van der Waals surface area (Å²) in [6, 6.07) is 5.20. The first-order chi connectivity index (χ1) is 9.06. The van der Waals surface area contributed by atoms with Crippen molar-refractivity contribution in [2.24, 2.45) is 0 Å². The Hall–Kier alpha value is -1.21. The van der Waals surface area contributed by atoms with Crippen LogP contribution in [-0.4, -0.2) is 15.9 Å². The molecule has 2 aromatic rings. The fourth-order valence-electron chi connectivity index (χ4n) is 1.42. The van der Waals surface area contributed by atoms with Gasteiger partial charge in [-0.05, 0) is 47.7 Å². The summed E-state index contributed by atoms with van der Waals surface area (Å²) in [7, 11) is 0. The lowest BCUT2D eigenvalue weighted by Gasteiger charge is -2.06. The number of aryl methyl sites for hydroxylation is 1. The van der Waals surface area contributed by atoms with Crippen LogP contribution in [0.5, 0.6) is 0 Å². The fraction of sp³-hybridized carbons (Fsp3) is 0.154. The molecule has 1 aromatic carbocycles. The van der Waals surface area contributed by atoms with Crippen molar-refractivity contribution in [3.8, 4) is 0 Å². The number of nitrogens with zero attached hydrogens (tertiary/aromatic N) is 2. The molecule has 1 amide bonds. The molecule has 4 nitrogen and oxygen atoms in total. The van der Waals surface area contributed by atoms with Crippen LogP contribution < -0.4 is 5.32 Å². The zero-order valence-electron chi connectivity index (χ0n) is 10.2. The second-order valence-electron chi connectivity index (χ2n) is 3.96. The SMILES string of the molecule is Cc1cnc(CNC(=O)c2ccc(I)c(Cl)c2)cn1. The first-order valence-electron chi connectivity index (χ1n) is 5.57. The summed E-state index contributed by atoms with van der Waals surface area (Å²) in [5.74, 6) is -0.180. The summed E-state index contributed by atoms with van der Waals surface area (Å²) in [6.45, 7) is 2.21. The van der Waals surface area contributed by atoms with Gasteiger partial charge >= 0.3 is 0 Å². The van der Waals surface area contributed by atoms with Gasteiger partial charge in [-0.3, -0.25) is 14.8 Å². The van der Waals surface area contributed by atoms with E-state index in [-0.39, 0.29) is 5.91 Å². The molecular weight excluding hydrogens is 377 g/mol. The van der Waals surface area contributed by atoms with Crippen LogP contribution in [-0.2, 0) is 6.54 Å². The molecule has 0 radical (unpaired) electrons. The lowest BCUT2D eigenvalue weighted by Crippen LogP contribution is -2.23. The summed E-state index contributed by atoms with van der Waals surface area (Å²) < 4.78 is 0.917. The van der Waals surface area contributed by atoms with E-state index in [4.69, 9.17) is 11.6 Å². The van der Waals surface area contributed by atoms with E-state index in [1.165, 1.54) is 0 Å². The molecular formula is C13H11ClIN3O. The van der Waals surface area contributed by atoms with E-state index in [1.54, 1.807) is 24.5 Å². The van der Waals surface area contributed by atoms with Crippen LogP contribution in [0.2, 0.25) is 5.02 Å². The fourth-order valence-corrected chi connectivity index (χ4v) is 1.94. The maximum atomic E-state index is 11.9. The van der Waals surface area contributed by atoms with E-state index >= 15 is 0 Å². The molecule has 0 fully saturated rings. The molecule has 0 atom stereocenters. The lowest BCUT2D eigenvalue weighted by atomic mass is 10.2. The number of benzene rings is 1. The molecule has 6 heteroatoms. The van der Waals surface area contributed by atoms with Gasteiger partial charge in [0.1, 0.15) is 0 Å². The van der Waals surface area contributed by atoms with E-state index in [2.05, 4.69) is 37.9 Å². The molecule has 0 unspecified atom stereocenters. The van der Waals surface area contributed by atoms with E-state index in [0.29, 0.717) is 17.1 Å². The lowest BCUT2D eigenvalue weighted by molar-refractivity contribution is 0.0950. The van der Waals surface area contributed by atoms with Crippen molar-refractivity contribution in [1.29, 1.82) is 0 Å². The van der Waals surface area contributed by atoms with Gasteiger partial charge in [0.15, 0.2) is 0 Å². The standard InChI is InChI=1S/C13H11ClIN3O/c1-8-5-17-10(6-16-8)7-18-13(19)9-2-3-12(15)11(14)4-9/h2-6H,7H2,1H3,(H,18,19). The van der Waals surface area contributed by atoms with Gasteiger partial charge in [-0.15, -0.1) is 0 Å². The predicted octanol–water partition coefficient (Wildman–Crippen LogP) is 2.97. The van der Waals surface area contributed by atoms with Crippen molar-refractivity contribution in [1.82, 2.24) is 15.3 Å². The van der Waals surface area contributed by atoms with Crippen molar-refractivity contribution in [2.45, 2.75) is 13.5 Å². The van der Waals surface area contributed by atoms with Crippen LogP contribution in [0.25, 0.3) is 0 Å². The summed E-state index contributed by atoms with van der Waals surface area (Å²) in [5.41, 5.74) is 2.10. The van der Waals surface area contributed by atoms with Gasteiger partial charge in [0, 0.05) is 15.3 Å². The number of carbonyl (C=O) groups excluding carboxylic acids is 1. The van der Waals surface area contributed by atoms with Crippen LogP contribution >= 0.6 is 34.2 Å². The van der Waals surface area contributed by atoms with Crippen LogP contribution in [0.3, 0.4) is 0 Å². The molecule has 98 valence electrons. The topological polar surface area (TPSA) is 54.9 Å². The molecule has 0 saturated carbocycles. The molecule has 1 N–H and O–H groups in total. The quantitative estimate of drug-likeness (QED) is 0.824. The maximum absolute atomic E-state index is 11.9. The molecule has 0 aliphatic carbocycles. The highest BCUT2D eigenvalue weighted by Gasteiger charge is 2.07. The smallest absolute Gasteiger partial charge is 0.251 e. The van der Waals surface area contributed by atoms with E-state index < -0.39 is 0 Å². The third-order valence-corrected chi connectivity index (χ3v) is 4.02. The predicted molar refractivity (Wildman–Crippen MR) is 82.1 cm³/mol. The Balaban J connectivity index is 2.01. The second-order valence-corrected chi connectivity index (χ2v) is 5.53. The second kappa shape index (κ2) is 6.29. The van der Waals surface area contributed by atoms with Gasteiger partial charge in [0.05, 0.1) is 29.2 Å². The molecule has 2 rings (SSSR count). The summed E-state index contributed by atoms with van der Waals surface area (Å²) >= 11 is 8.10. The summed E-state index contributed by atoms with van der Waals surface area (Å²) in [4.78, 5) is 20.2. The van der Waals surface area contributed by atoms with Crippen molar-refractivity contribution >= 4 is 40.1 Å². The molecule has 0 aliphatic rings. The van der Waals surface area contributed by atoms with Crippen LogP contribution in [0, 0.1) is 10.5 Å². The number of rotatable bonds is 3. The number of hydrogen-bond donors (Lipinski definition) is 1.